The summed E-state index contributed by atoms with van der Waals surface area (Å²) in [6.07, 6.45) is 2.51. The van der Waals surface area contributed by atoms with Crippen LogP contribution in [0.5, 0.6) is 0 Å². The van der Waals surface area contributed by atoms with Gasteiger partial charge in [0.1, 0.15) is 0 Å². The van der Waals surface area contributed by atoms with Crippen LogP contribution >= 0.6 is 11.6 Å². The number of hydrogen-bond acceptors (Lipinski definition) is 2. The molecule has 0 aromatic carbocycles. The van der Waals surface area contributed by atoms with Crippen LogP contribution in [-0.2, 0) is 0 Å². The van der Waals surface area contributed by atoms with Gasteiger partial charge in [-0.25, -0.2) is 0 Å². The van der Waals surface area contributed by atoms with Crippen molar-refractivity contribution in [1.82, 2.24) is 4.90 Å². The van der Waals surface area contributed by atoms with Crippen LogP contribution in [0.2, 0.25) is 0 Å². The summed E-state index contributed by atoms with van der Waals surface area (Å²) in [6.45, 7) is 1.54. The molecule has 3 nitrogen and oxygen atoms in total. The van der Waals surface area contributed by atoms with Crippen LogP contribution in [0.4, 0.5) is 0 Å². The molecule has 1 aliphatic heterocycles. The van der Waals surface area contributed by atoms with Gasteiger partial charge in [0.05, 0.1) is 6.26 Å². The molecular formula is C10H12ClNO2. The lowest BCUT2D eigenvalue weighted by atomic mass is 10.2. The standard InChI is InChI=1S/C10H12ClNO2/c11-6-8-3-4-12(7-8)10(13)9-2-1-5-14-9/h1-2,5,8H,3-4,6-7H2. The van der Waals surface area contributed by atoms with Gasteiger partial charge in [-0.2, -0.15) is 0 Å². The van der Waals surface area contributed by atoms with Crippen LogP contribution in [0.25, 0.3) is 0 Å². The summed E-state index contributed by atoms with van der Waals surface area (Å²) >= 11 is 5.74. The third-order valence-electron chi connectivity index (χ3n) is 2.52. The van der Waals surface area contributed by atoms with Gasteiger partial charge in [-0.1, -0.05) is 0 Å². The highest BCUT2D eigenvalue weighted by Crippen LogP contribution is 2.19. The predicted octanol–water partition coefficient (Wildman–Crippen LogP) is 1.98. The van der Waals surface area contributed by atoms with E-state index >= 15 is 0 Å². The van der Waals surface area contributed by atoms with Crippen LogP contribution in [0.15, 0.2) is 22.8 Å². The number of likely N-dealkylation sites (tertiary alicyclic amines) is 1. The molecule has 0 N–H and O–H groups in total. The molecule has 2 rings (SSSR count). The Morgan fingerprint density at radius 2 is 2.57 bits per heavy atom. The van der Waals surface area contributed by atoms with Crippen molar-refractivity contribution in [1.29, 1.82) is 0 Å². The van der Waals surface area contributed by atoms with Gasteiger partial charge in [-0.05, 0) is 24.5 Å². The molecule has 76 valence electrons. The highest BCUT2D eigenvalue weighted by molar-refractivity contribution is 6.18. The van der Waals surface area contributed by atoms with Gasteiger partial charge in [0, 0.05) is 19.0 Å². The minimum atomic E-state index is -0.0254. The molecule has 14 heavy (non-hydrogen) atoms. The van der Waals surface area contributed by atoms with Crippen LogP contribution < -0.4 is 0 Å². The molecule has 1 fully saturated rings. The summed E-state index contributed by atoms with van der Waals surface area (Å²) in [5, 5.41) is 0. The lowest BCUT2D eigenvalue weighted by Crippen LogP contribution is -2.28. The Kier molecular flexibility index (Phi) is 2.77. The SMILES string of the molecule is O=C(c1ccco1)N1CCC(CCl)C1. The molecule has 1 amide bonds. The Bertz CT molecular complexity index is 310. The maximum Gasteiger partial charge on any atom is 0.289 e. The van der Waals surface area contributed by atoms with Crippen molar-refractivity contribution in [3.05, 3.63) is 24.2 Å². The number of nitrogens with zero attached hydrogens (tertiary/aromatic N) is 1. The van der Waals surface area contributed by atoms with E-state index in [1.807, 2.05) is 0 Å². The first kappa shape index (κ1) is 9.59. The molecule has 0 spiro atoms. The molecule has 1 atom stereocenters. The summed E-state index contributed by atoms with van der Waals surface area (Å²) in [5.74, 6) is 1.46. The first-order valence-electron chi connectivity index (χ1n) is 4.70. The number of carbonyl (C=O) groups excluding carboxylic acids is 1. The molecule has 4 heteroatoms. The van der Waals surface area contributed by atoms with Crippen LogP contribution in [0.1, 0.15) is 17.0 Å². The number of amides is 1. The molecule has 1 aliphatic rings. The summed E-state index contributed by atoms with van der Waals surface area (Å²) < 4.78 is 5.05. The zero-order valence-electron chi connectivity index (χ0n) is 7.78. The van der Waals surface area contributed by atoms with Crippen molar-refractivity contribution in [2.24, 2.45) is 5.92 Å². The second-order valence-corrected chi connectivity index (χ2v) is 3.85. The van der Waals surface area contributed by atoms with Crippen LogP contribution in [0, 0.1) is 5.92 Å². The summed E-state index contributed by atoms with van der Waals surface area (Å²) in [5.41, 5.74) is 0. The highest BCUT2D eigenvalue weighted by Gasteiger charge is 2.27. The largest absolute Gasteiger partial charge is 0.459 e. The Balaban J connectivity index is 2.00. The fourth-order valence-electron chi connectivity index (χ4n) is 1.70. The minimum Gasteiger partial charge on any atom is -0.459 e. The summed E-state index contributed by atoms with van der Waals surface area (Å²) in [6, 6.07) is 3.42. The van der Waals surface area contributed by atoms with Gasteiger partial charge in [-0.3, -0.25) is 4.79 Å². The van der Waals surface area contributed by atoms with Crippen molar-refractivity contribution in [3.8, 4) is 0 Å². The normalized spacial score (nSPS) is 21.5. The smallest absolute Gasteiger partial charge is 0.289 e. The number of rotatable bonds is 2. The highest BCUT2D eigenvalue weighted by atomic mass is 35.5. The topological polar surface area (TPSA) is 33.5 Å². The molecule has 0 saturated carbocycles. The molecule has 1 aromatic heterocycles. The van der Waals surface area contributed by atoms with Crippen LogP contribution in [-0.4, -0.2) is 29.8 Å². The second-order valence-electron chi connectivity index (χ2n) is 3.54. The lowest BCUT2D eigenvalue weighted by molar-refractivity contribution is 0.0756. The van der Waals surface area contributed by atoms with Gasteiger partial charge < -0.3 is 9.32 Å². The monoisotopic (exact) mass is 213 g/mol. The van der Waals surface area contributed by atoms with Gasteiger partial charge in [-0.15, -0.1) is 11.6 Å². The fraction of sp³-hybridized carbons (Fsp3) is 0.500. The van der Waals surface area contributed by atoms with Gasteiger partial charge in [0.25, 0.3) is 5.91 Å². The van der Waals surface area contributed by atoms with Crippen LogP contribution in [0.3, 0.4) is 0 Å². The molecule has 0 radical (unpaired) electrons. The van der Waals surface area contributed by atoms with E-state index in [-0.39, 0.29) is 5.91 Å². The van der Waals surface area contributed by atoms with Gasteiger partial charge >= 0.3 is 0 Å². The Morgan fingerprint density at radius 1 is 1.71 bits per heavy atom. The van der Waals surface area contributed by atoms with E-state index in [1.54, 1.807) is 17.0 Å². The number of carbonyl (C=O) groups is 1. The van der Waals surface area contributed by atoms with E-state index in [0.717, 1.165) is 19.5 Å². The zero-order chi connectivity index (χ0) is 9.97. The number of hydrogen-bond donors (Lipinski definition) is 0. The van der Waals surface area contributed by atoms with Crippen molar-refractivity contribution in [2.75, 3.05) is 19.0 Å². The first-order valence-corrected chi connectivity index (χ1v) is 5.23. The Morgan fingerprint density at radius 3 is 3.14 bits per heavy atom. The predicted molar refractivity (Wildman–Crippen MR) is 53.4 cm³/mol. The second kappa shape index (κ2) is 4.05. The molecular weight excluding hydrogens is 202 g/mol. The Hall–Kier alpha value is -0.960. The van der Waals surface area contributed by atoms with E-state index in [4.69, 9.17) is 16.0 Å². The molecule has 2 heterocycles. The summed E-state index contributed by atoms with van der Waals surface area (Å²) in [7, 11) is 0. The van der Waals surface area contributed by atoms with Gasteiger partial charge in [0.2, 0.25) is 0 Å². The van der Waals surface area contributed by atoms with Crippen molar-refractivity contribution in [3.63, 3.8) is 0 Å². The number of halogens is 1. The van der Waals surface area contributed by atoms with E-state index in [0.29, 0.717) is 17.6 Å². The number of furan rings is 1. The molecule has 1 aromatic rings. The molecule has 0 bridgehead atoms. The third kappa shape index (κ3) is 1.77. The van der Waals surface area contributed by atoms with Crippen molar-refractivity contribution in [2.45, 2.75) is 6.42 Å². The lowest BCUT2D eigenvalue weighted by Gasteiger charge is -2.13. The summed E-state index contributed by atoms with van der Waals surface area (Å²) in [4.78, 5) is 13.6. The fourth-order valence-corrected chi connectivity index (χ4v) is 1.95. The van der Waals surface area contributed by atoms with Crippen molar-refractivity contribution < 1.29 is 9.21 Å². The van der Waals surface area contributed by atoms with E-state index in [2.05, 4.69) is 0 Å². The maximum atomic E-state index is 11.8. The quantitative estimate of drug-likeness (QED) is 0.704. The Labute approximate surface area is 87.6 Å². The number of alkyl halides is 1. The van der Waals surface area contributed by atoms with Gasteiger partial charge in [0.15, 0.2) is 5.76 Å². The molecule has 1 saturated heterocycles. The average molecular weight is 214 g/mol. The minimum absolute atomic E-state index is 0.0254. The average Bonchev–Trinajstić information content (AvgIpc) is 2.88. The van der Waals surface area contributed by atoms with Crippen molar-refractivity contribution >= 4 is 17.5 Å². The molecule has 0 aliphatic carbocycles. The third-order valence-corrected chi connectivity index (χ3v) is 2.96. The van der Waals surface area contributed by atoms with E-state index in [9.17, 15) is 4.79 Å². The maximum absolute atomic E-state index is 11.8. The first-order chi connectivity index (χ1) is 6.81. The van der Waals surface area contributed by atoms with E-state index < -0.39 is 0 Å². The van der Waals surface area contributed by atoms with E-state index in [1.165, 1.54) is 6.26 Å². The zero-order valence-corrected chi connectivity index (χ0v) is 8.54. The molecule has 1 unspecified atom stereocenters.